The number of hydrogen-bond acceptors (Lipinski definition) is 4. The van der Waals surface area contributed by atoms with Gasteiger partial charge in [0.25, 0.3) is 0 Å². The highest BCUT2D eigenvalue weighted by molar-refractivity contribution is 5.76. The summed E-state index contributed by atoms with van der Waals surface area (Å²) in [5.41, 5.74) is -0.766. The molecule has 0 N–H and O–H groups in total. The van der Waals surface area contributed by atoms with Gasteiger partial charge < -0.3 is 4.74 Å². The van der Waals surface area contributed by atoms with E-state index >= 15 is 0 Å². The fraction of sp³-hybridized carbons (Fsp3) is 0.867. The standard InChI is InChI=1S/C15H26N2O2/c1-14(2,3)19-13(18)12-7-6-9-17(12)10-8-15(4,5)11-16/h12H,6-10H2,1-5H3/t12-/m1/s1. The molecule has 4 nitrogen and oxygen atoms in total. The van der Waals surface area contributed by atoms with Crippen molar-refractivity contribution in [1.82, 2.24) is 4.90 Å². The monoisotopic (exact) mass is 266 g/mol. The van der Waals surface area contributed by atoms with E-state index in [2.05, 4.69) is 11.0 Å². The molecule has 1 heterocycles. The van der Waals surface area contributed by atoms with E-state index in [1.807, 2.05) is 34.6 Å². The van der Waals surface area contributed by atoms with Gasteiger partial charge in [0, 0.05) is 6.54 Å². The van der Waals surface area contributed by atoms with Crippen molar-refractivity contribution in [2.45, 2.75) is 65.5 Å². The number of nitriles is 1. The van der Waals surface area contributed by atoms with Crippen LogP contribution in [-0.2, 0) is 9.53 Å². The molecule has 108 valence electrons. The van der Waals surface area contributed by atoms with Crippen LogP contribution < -0.4 is 0 Å². The topological polar surface area (TPSA) is 53.3 Å². The molecule has 0 amide bonds. The number of carbonyl (C=O) groups excluding carboxylic acids is 1. The fourth-order valence-corrected chi connectivity index (χ4v) is 2.21. The predicted octanol–water partition coefficient (Wildman–Crippen LogP) is 2.73. The summed E-state index contributed by atoms with van der Waals surface area (Å²) in [6.45, 7) is 11.3. The van der Waals surface area contributed by atoms with Crippen molar-refractivity contribution in [3.63, 3.8) is 0 Å². The van der Waals surface area contributed by atoms with Gasteiger partial charge in [-0.25, -0.2) is 0 Å². The van der Waals surface area contributed by atoms with Crippen molar-refractivity contribution in [3.8, 4) is 6.07 Å². The van der Waals surface area contributed by atoms with Gasteiger partial charge in [-0.1, -0.05) is 0 Å². The Kier molecular flexibility index (Phi) is 4.98. The summed E-state index contributed by atoms with van der Waals surface area (Å²) in [5, 5.41) is 9.04. The summed E-state index contributed by atoms with van der Waals surface area (Å²) in [4.78, 5) is 14.3. The third-order valence-corrected chi connectivity index (χ3v) is 3.37. The zero-order valence-electron chi connectivity index (χ0n) is 12.8. The van der Waals surface area contributed by atoms with Crippen LogP contribution in [0.3, 0.4) is 0 Å². The molecule has 1 saturated heterocycles. The van der Waals surface area contributed by atoms with E-state index in [4.69, 9.17) is 10.00 Å². The lowest BCUT2D eigenvalue weighted by atomic mass is 9.91. The molecule has 0 spiro atoms. The maximum atomic E-state index is 12.1. The van der Waals surface area contributed by atoms with Gasteiger partial charge in [0.2, 0.25) is 0 Å². The van der Waals surface area contributed by atoms with Gasteiger partial charge in [0.15, 0.2) is 0 Å². The molecule has 1 aliphatic rings. The minimum absolute atomic E-state index is 0.125. The zero-order valence-corrected chi connectivity index (χ0v) is 12.8. The van der Waals surface area contributed by atoms with Crippen LogP contribution in [0.25, 0.3) is 0 Å². The quantitative estimate of drug-likeness (QED) is 0.734. The first-order valence-corrected chi connectivity index (χ1v) is 7.03. The molecule has 0 aromatic carbocycles. The maximum absolute atomic E-state index is 12.1. The summed E-state index contributed by atoms with van der Waals surface area (Å²) in [7, 11) is 0. The second kappa shape index (κ2) is 5.92. The number of rotatable bonds is 4. The number of esters is 1. The van der Waals surface area contributed by atoms with Crippen molar-refractivity contribution in [1.29, 1.82) is 5.26 Å². The van der Waals surface area contributed by atoms with Gasteiger partial charge in [-0.2, -0.15) is 5.26 Å². The normalized spacial score (nSPS) is 21.2. The van der Waals surface area contributed by atoms with Gasteiger partial charge in [0.05, 0.1) is 11.5 Å². The number of nitrogens with zero attached hydrogens (tertiary/aromatic N) is 2. The SMILES string of the molecule is CC(C)(C#N)CCN1CCC[C@@H]1C(=O)OC(C)(C)C. The number of hydrogen-bond donors (Lipinski definition) is 0. The minimum atomic E-state index is -0.433. The van der Waals surface area contributed by atoms with E-state index in [0.29, 0.717) is 0 Å². The maximum Gasteiger partial charge on any atom is 0.323 e. The van der Waals surface area contributed by atoms with Gasteiger partial charge in [-0.15, -0.1) is 0 Å². The Morgan fingerprint density at radius 1 is 1.37 bits per heavy atom. The highest BCUT2D eigenvalue weighted by atomic mass is 16.6. The van der Waals surface area contributed by atoms with Crippen molar-refractivity contribution < 1.29 is 9.53 Å². The average molecular weight is 266 g/mol. The Labute approximate surface area is 116 Å². The zero-order chi connectivity index (χ0) is 14.7. The molecule has 0 aromatic heterocycles. The van der Waals surface area contributed by atoms with Crippen LogP contribution in [0.1, 0.15) is 53.9 Å². The van der Waals surface area contributed by atoms with E-state index < -0.39 is 5.60 Å². The van der Waals surface area contributed by atoms with Crippen molar-refractivity contribution in [2.24, 2.45) is 5.41 Å². The molecule has 1 aliphatic heterocycles. The second-order valence-corrected chi connectivity index (χ2v) is 6.97. The third kappa shape index (κ3) is 5.20. The minimum Gasteiger partial charge on any atom is -0.459 e. The van der Waals surface area contributed by atoms with E-state index in [1.54, 1.807) is 0 Å². The van der Waals surface area contributed by atoms with Crippen molar-refractivity contribution >= 4 is 5.97 Å². The molecule has 0 aromatic rings. The summed E-state index contributed by atoms with van der Waals surface area (Å²) < 4.78 is 5.46. The molecule has 0 unspecified atom stereocenters. The molecule has 0 aliphatic carbocycles. The van der Waals surface area contributed by atoms with E-state index in [9.17, 15) is 4.79 Å². The Balaban J connectivity index is 2.55. The molecule has 4 heteroatoms. The lowest BCUT2D eigenvalue weighted by Gasteiger charge is -2.28. The van der Waals surface area contributed by atoms with Gasteiger partial charge in [0.1, 0.15) is 11.6 Å². The Hall–Kier alpha value is -1.08. The molecular formula is C15H26N2O2. The molecule has 1 atom stereocenters. The summed E-state index contributed by atoms with van der Waals surface area (Å²) in [6.07, 6.45) is 2.67. The van der Waals surface area contributed by atoms with Gasteiger partial charge in [-0.05, 0) is 60.4 Å². The predicted molar refractivity (Wildman–Crippen MR) is 74.5 cm³/mol. The number of carbonyl (C=O) groups is 1. The van der Waals surface area contributed by atoms with Crippen LogP contribution in [0.15, 0.2) is 0 Å². The van der Waals surface area contributed by atoms with E-state index in [-0.39, 0.29) is 17.4 Å². The van der Waals surface area contributed by atoms with Gasteiger partial charge in [-0.3, -0.25) is 9.69 Å². The molecule has 1 rings (SSSR count). The van der Waals surface area contributed by atoms with Crippen LogP contribution in [0.4, 0.5) is 0 Å². The molecular weight excluding hydrogens is 240 g/mol. The molecule has 19 heavy (non-hydrogen) atoms. The van der Waals surface area contributed by atoms with Crippen molar-refractivity contribution in [2.75, 3.05) is 13.1 Å². The molecule has 0 saturated carbocycles. The second-order valence-electron chi connectivity index (χ2n) is 6.97. The lowest BCUT2D eigenvalue weighted by molar-refractivity contribution is -0.160. The molecule has 1 fully saturated rings. The van der Waals surface area contributed by atoms with Crippen LogP contribution in [-0.4, -0.2) is 35.6 Å². The fourth-order valence-electron chi connectivity index (χ4n) is 2.21. The summed E-state index contributed by atoms with van der Waals surface area (Å²) >= 11 is 0. The van der Waals surface area contributed by atoms with Crippen LogP contribution >= 0.6 is 0 Å². The van der Waals surface area contributed by atoms with Gasteiger partial charge >= 0.3 is 5.97 Å². The first-order chi connectivity index (χ1) is 8.64. The third-order valence-electron chi connectivity index (χ3n) is 3.37. The van der Waals surface area contributed by atoms with E-state index in [1.165, 1.54) is 0 Å². The first-order valence-electron chi connectivity index (χ1n) is 7.03. The van der Waals surface area contributed by atoms with Crippen LogP contribution in [0, 0.1) is 16.7 Å². The Morgan fingerprint density at radius 2 is 2.00 bits per heavy atom. The summed E-state index contributed by atoms with van der Waals surface area (Å²) in [5.74, 6) is -0.125. The summed E-state index contributed by atoms with van der Waals surface area (Å²) in [6, 6.07) is 2.17. The highest BCUT2D eigenvalue weighted by Crippen LogP contribution is 2.25. The highest BCUT2D eigenvalue weighted by Gasteiger charge is 2.34. The smallest absolute Gasteiger partial charge is 0.323 e. The van der Waals surface area contributed by atoms with E-state index in [0.717, 1.165) is 32.4 Å². The number of ether oxygens (including phenoxy) is 1. The molecule has 0 radical (unpaired) electrons. The number of likely N-dealkylation sites (tertiary alicyclic amines) is 1. The lowest BCUT2D eigenvalue weighted by Crippen LogP contribution is -2.41. The average Bonchev–Trinajstić information content (AvgIpc) is 2.72. The first kappa shape index (κ1) is 16.0. The Morgan fingerprint density at radius 3 is 2.53 bits per heavy atom. The Bertz CT molecular complexity index is 363. The van der Waals surface area contributed by atoms with Crippen LogP contribution in [0.5, 0.6) is 0 Å². The van der Waals surface area contributed by atoms with Crippen molar-refractivity contribution in [3.05, 3.63) is 0 Å². The largest absolute Gasteiger partial charge is 0.459 e. The molecule has 0 bridgehead atoms. The van der Waals surface area contributed by atoms with Crippen LogP contribution in [0.2, 0.25) is 0 Å².